The maximum atomic E-state index is 12.3. The third-order valence-corrected chi connectivity index (χ3v) is 3.87. The zero-order valence-electron chi connectivity index (χ0n) is 15.5. The second kappa shape index (κ2) is 8.72. The molecule has 0 aliphatic heterocycles. The molecule has 1 aromatic heterocycles. The van der Waals surface area contributed by atoms with Crippen LogP contribution in [0.25, 0.3) is 11.3 Å². The van der Waals surface area contributed by atoms with Gasteiger partial charge in [0.1, 0.15) is 11.4 Å². The molecule has 3 rings (SSSR count). The minimum Gasteiger partial charge on any atom is -0.504 e. The highest BCUT2D eigenvalue weighted by Gasteiger charge is 2.13. The van der Waals surface area contributed by atoms with Crippen LogP contribution in [0.2, 0.25) is 0 Å². The van der Waals surface area contributed by atoms with Gasteiger partial charge in [0.25, 0.3) is 5.91 Å². The van der Waals surface area contributed by atoms with E-state index >= 15 is 0 Å². The lowest BCUT2D eigenvalue weighted by atomic mass is 10.1. The normalized spacial score (nSPS) is 10.8. The molecule has 0 bridgehead atoms. The summed E-state index contributed by atoms with van der Waals surface area (Å²) in [6.07, 6.45) is 1.46. The number of H-pyrrole nitrogens is 1. The van der Waals surface area contributed by atoms with E-state index in [0.29, 0.717) is 29.4 Å². The predicted octanol–water partition coefficient (Wildman–Crippen LogP) is 2.95. The number of hydrogen-bond acceptors (Lipinski definition) is 6. The number of hydrazone groups is 1. The van der Waals surface area contributed by atoms with Gasteiger partial charge in [-0.2, -0.15) is 10.2 Å². The zero-order chi connectivity index (χ0) is 19.9. The van der Waals surface area contributed by atoms with Crippen molar-refractivity contribution in [2.24, 2.45) is 5.10 Å². The third kappa shape index (κ3) is 4.29. The van der Waals surface area contributed by atoms with E-state index in [1.54, 1.807) is 25.3 Å². The number of aromatic hydroxyl groups is 1. The maximum Gasteiger partial charge on any atom is 0.289 e. The second-order valence-electron chi connectivity index (χ2n) is 5.73. The van der Waals surface area contributed by atoms with Gasteiger partial charge in [0, 0.05) is 5.56 Å². The molecule has 144 valence electrons. The number of ether oxygens (including phenoxy) is 2. The topological polar surface area (TPSA) is 109 Å². The minimum absolute atomic E-state index is 0.0457. The minimum atomic E-state index is -0.436. The lowest BCUT2D eigenvalue weighted by Crippen LogP contribution is -2.18. The molecule has 3 aromatic rings. The zero-order valence-corrected chi connectivity index (χ0v) is 15.5. The van der Waals surface area contributed by atoms with Crippen molar-refractivity contribution < 1.29 is 19.4 Å². The number of hydrogen-bond donors (Lipinski definition) is 3. The van der Waals surface area contributed by atoms with Gasteiger partial charge in [0.15, 0.2) is 11.5 Å². The molecule has 8 heteroatoms. The van der Waals surface area contributed by atoms with E-state index in [9.17, 15) is 9.90 Å². The smallest absolute Gasteiger partial charge is 0.289 e. The number of carbonyl (C=O) groups excluding carboxylic acids is 1. The fourth-order valence-corrected chi connectivity index (χ4v) is 2.54. The molecular formula is C20H20N4O4. The molecule has 28 heavy (non-hydrogen) atoms. The summed E-state index contributed by atoms with van der Waals surface area (Å²) >= 11 is 0. The molecule has 1 amide bonds. The van der Waals surface area contributed by atoms with Crippen molar-refractivity contribution in [3.8, 4) is 28.5 Å². The summed E-state index contributed by atoms with van der Waals surface area (Å²) in [6, 6.07) is 13.8. The first kappa shape index (κ1) is 19.0. The van der Waals surface area contributed by atoms with E-state index < -0.39 is 5.91 Å². The monoisotopic (exact) mass is 380 g/mol. The highest BCUT2D eigenvalue weighted by molar-refractivity contribution is 5.94. The van der Waals surface area contributed by atoms with Gasteiger partial charge >= 0.3 is 0 Å². The van der Waals surface area contributed by atoms with E-state index in [1.807, 2.05) is 31.2 Å². The molecule has 3 N–H and O–H groups in total. The van der Waals surface area contributed by atoms with E-state index in [1.165, 1.54) is 12.3 Å². The highest BCUT2D eigenvalue weighted by Crippen LogP contribution is 2.28. The first-order valence-corrected chi connectivity index (χ1v) is 8.60. The number of nitrogens with one attached hydrogen (secondary N) is 2. The summed E-state index contributed by atoms with van der Waals surface area (Å²) in [6.45, 7) is 2.25. The average molecular weight is 380 g/mol. The number of aromatic amines is 1. The molecule has 0 unspecified atom stereocenters. The van der Waals surface area contributed by atoms with Gasteiger partial charge in [-0.15, -0.1) is 0 Å². The van der Waals surface area contributed by atoms with E-state index in [4.69, 9.17) is 9.47 Å². The van der Waals surface area contributed by atoms with Crippen molar-refractivity contribution in [3.05, 3.63) is 59.8 Å². The van der Waals surface area contributed by atoms with Crippen LogP contribution in [0.5, 0.6) is 17.2 Å². The molecule has 0 saturated heterocycles. The van der Waals surface area contributed by atoms with Gasteiger partial charge in [-0.05, 0) is 48.9 Å². The molecule has 2 aromatic carbocycles. The summed E-state index contributed by atoms with van der Waals surface area (Å²) in [4.78, 5) is 12.3. The number of phenolic OH excluding ortho intramolecular Hbond substituents is 1. The molecule has 0 atom stereocenters. The third-order valence-electron chi connectivity index (χ3n) is 3.87. The number of phenols is 1. The van der Waals surface area contributed by atoms with Crippen LogP contribution < -0.4 is 14.9 Å². The highest BCUT2D eigenvalue weighted by atomic mass is 16.5. The van der Waals surface area contributed by atoms with Crippen LogP contribution in [0.3, 0.4) is 0 Å². The fraction of sp³-hybridized carbons (Fsp3) is 0.150. The van der Waals surface area contributed by atoms with Crippen LogP contribution in [0.1, 0.15) is 23.0 Å². The van der Waals surface area contributed by atoms with Crippen molar-refractivity contribution in [2.75, 3.05) is 13.7 Å². The molecule has 0 saturated carbocycles. The molecule has 0 aliphatic carbocycles. The van der Waals surface area contributed by atoms with Gasteiger partial charge in [0.2, 0.25) is 0 Å². The summed E-state index contributed by atoms with van der Waals surface area (Å²) in [7, 11) is 1.58. The molecule has 8 nitrogen and oxygen atoms in total. The summed E-state index contributed by atoms with van der Waals surface area (Å²) in [5.41, 5.74) is 4.73. The van der Waals surface area contributed by atoms with E-state index in [0.717, 1.165) is 5.56 Å². The SMILES string of the molecule is CCOc1cc(/C=N/NC(=O)c2cc(-c3ccccc3OC)n[nH]2)ccc1O. The lowest BCUT2D eigenvalue weighted by molar-refractivity contribution is 0.0950. The molecule has 0 aliphatic rings. The number of nitrogens with zero attached hydrogens (tertiary/aromatic N) is 2. The summed E-state index contributed by atoms with van der Waals surface area (Å²) in [5.74, 6) is 0.627. The first-order valence-electron chi connectivity index (χ1n) is 8.60. The van der Waals surface area contributed by atoms with Crippen molar-refractivity contribution in [1.29, 1.82) is 0 Å². The predicted molar refractivity (Wildman–Crippen MR) is 105 cm³/mol. The fourth-order valence-electron chi connectivity index (χ4n) is 2.54. The Kier molecular flexibility index (Phi) is 5.91. The largest absolute Gasteiger partial charge is 0.504 e. The Bertz CT molecular complexity index is 997. The van der Waals surface area contributed by atoms with Crippen molar-refractivity contribution in [3.63, 3.8) is 0 Å². The molecule has 0 spiro atoms. The van der Waals surface area contributed by atoms with Crippen molar-refractivity contribution in [2.45, 2.75) is 6.92 Å². The molecular weight excluding hydrogens is 360 g/mol. The van der Waals surface area contributed by atoms with Crippen LogP contribution in [-0.2, 0) is 0 Å². The van der Waals surface area contributed by atoms with Crippen LogP contribution in [0.15, 0.2) is 53.6 Å². The number of rotatable bonds is 7. The number of para-hydroxylation sites is 1. The van der Waals surface area contributed by atoms with E-state index in [2.05, 4.69) is 20.7 Å². The standard InChI is InChI=1S/C20H20N4O4/c1-3-28-19-10-13(8-9-17(19)25)12-21-24-20(26)16-11-15(22-23-16)14-6-4-5-7-18(14)27-2/h4-12,25H,3H2,1-2H3,(H,22,23)(H,24,26)/b21-12+. The molecule has 1 heterocycles. The Morgan fingerprint density at radius 1 is 1.25 bits per heavy atom. The molecule has 0 radical (unpaired) electrons. The van der Waals surface area contributed by atoms with Gasteiger partial charge in [0.05, 0.1) is 25.6 Å². The second-order valence-corrected chi connectivity index (χ2v) is 5.73. The number of methoxy groups -OCH3 is 1. The van der Waals surface area contributed by atoms with Crippen LogP contribution in [0, 0.1) is 0 Å². The van der Waals surface area contributed by atoms with Crippen LogP contribution in [0.4, 0.5) is 0 Å². The summed E-state index contributed by atoms with van der Waals surface area (Å²) in [5, 5.41) is 20.5. The Morgan fingerprint density at radius 2 is 2.07 bits per heavy atom. The lowest BCUT2D eigenvalue weighted by Gasteiger charge is -2.05. The quantitative estimate of drug-likeness (QED) is 0.431. The molecule has 0 fully saturated rings. The Balaban J connectivity index is 1.68. The van der Waals surface area contributed by atoms with Gasteiger partial charge in [-0.3, -0.25) is 9.89 Å². The Hall–Kier alpha value is -3.81. The van der Waals surface area contributed by atoms with Crippen LogP contribution in [-0.4, -0.2) is 41.1 Å². The number of benzene rings is 2. The summed E-state index contributed by atoms with van der Waals surface area (Å²) < 4.78 is 10.6. The number of aromatic nitrogens is 2. The van der Waals surface area contributed by atoms with Gasteiger partial charge in [-0.25, -0.2) is 5.43 Å². The number of amides is 1. The maximum absolute atomic E-state index is 12.3. The van der Waals surface area contributed by atoms with Crippen molar-refractivity contribution >= 4 is 12.1 Å². The number of carbonyl (C=O) groups is 1. The van der Waals surface area contributed by atoms with Crippen molar-refractivity contribution in [1.82, 2.24) is 15.6 Å². The van der Waals surface area contributed by atoms with Gasteiger partial charge in [-0.1, -0.05) is 12.1 Å². The van der Waals surface area contributed by atoms with E-state index in [-0.39, 0.29) is 11.4 Å². The average Bonchev–Trinajstić information content (AvgIpc) is 3.20. The van der Waals surface area contributed by atoms with Crippen LogP contribution >= 0.6 is 0 Å². The Morgan fingerprint density at radius 3 is 2.86 bits per heavy atom. The first-order chi connectivity index (χ1) is 13.6. The van der Waals surface area contributed by atoms with Gasteiger partial charge < -0.3 is 14.6 Å². The Labute approximate surface area is 161 Å².